The van der Waals surface area contributed by atoms with Gasteiger partial charge in [-0.2, -0.15) is 23.7 Å². The largest absolute Gasteiger partial charge is 0.398 e. The molecule has 0 spiro atoms. The van der Waals surface area contributed by atoms with Crippen molar-refractivity contribution in [3.63, 3.8) is 0 Å². The van der Waals surface area contributed by atoms with E-state index in [4.69, 9.17) is 22.1 Å². The Bertz CT molecular complexity index is 676. The molecule has 0 radical (unpaired) electrons. The highest BCUT2D eigenvalue weighted by Gasteiger charge is 2.58. The Morgan fingerprint density at radius 1 is 1.30 bits per heavy atom. The van der Waals surface area contributed by atoms with Crippen molar-refractivity contribution < 1.29 is 13.2 Å². The van der Waals surface area contributed by atoms with E-state index in [2.05, 4.69) is 0 Å². The van der Waals surface area contributed by atoms with Gasteiger partial charge in [-0.05, 0) is 36.6 Å². The maximum absolute atomic E-state index is 13.4. The molecule has 0 bridgehead atoms. The Hall–Kier alpha value is -1.98. The molecule has 0 heterocycles. The first-order chi connectivity index (χ1) is 9.24. The Balaban J connectivity index is 2.82. The lowest BCUT2D eigenvalue weighted by molar-refractivity contribution is -0.193. The summed E-state index contributed by atoms with van der Waals surface area (Å²) in [4.78, 5) is 0. The molecule has 0 N–H and O–H groups in total. The third-order valence-corrected chi connectivity index (χ3v) is 3.77. The van der Waals surface area contributed by atoms with E-state index in [-0.39, 0.29) is 17.6 Å². The van der Waals surface area contributed by atoms with Gasteiger partial charge in [0, 0.05) is 10.6 Å². The molecule has 0 saturated heterocycles. The number of halogens is 4. The van der Waals surface area contributed by atoms with Crippen molar-refractivity contribution in [3.05, 3.63) is 39.9 Å². The molecule has 2 nitrogen and oxygen atoms in total. The second-order valence-corrected chi connectivity index (χ2v) is 5.22. The van der Waals surface area contributed by atoms with E-state index in [0.29, 0.717) is 10.6 Å². The number of fused-ring (bicyclic) bond motifs is 1. The monoisotopic (exact) mass is 296 g/mol. The van der Waals surface area contributed by atoms with Gasteiger partial charge < -0.3 is 0 Å². The van der Waals surface area contributed by atoms with E-state index in [0.717, 1.165) is 6.92 Å². The maximum atomic E-state index is 13.4. The smallest absolute Gasteiger partial charge is 0.192 e. The zero-order valence-corrected chi connectivity index (χ0v) is 11.1. The summed E-state index contributed by atoms with van der Waals surface area (Å²) in [7, 11) is 0. The Labute approximate surface area is 118 Å². The minimum absolute atomic E-state index is 0.262. The van der Waals surface area contributed by atoms with Gasteiger partial charge in [0.2, 0.25) is 0 Å². The molecule has 1 aliphatic rings. The molecule has 1 aromatic rings. The number of hydrogen-bond acceptors (Lipinski definition) is 2. The van der Waals surface area contributed by atoms with Crippen molar-refractivity contribution in [2.24, 2.45) is 5.41 Å². The molecule has 6 heteroatoms. The lowest BCUT2D eigenvalue weighted by Crippen LogP contribution is -2.35. The van der Waals surface area contributed by atoms with Gasteiger partial charge in [-0.3, -0.25) is 0 Å². The molecular weight excluding hydrogens is 289 g/mol. The van der Waals surface area contributed by atoms with E-state index in [9.17, 15) is 13.2 Å². The van der Waals surface area contributed by atoms with Gasteiger partial charge in [-0.25, -0.2) is 0 Å². The highest BCUT2D eigenvalue weighted by molar-refractivity contribution is 6.30. The maximum Gasteiger partial charge on any atom is 0.398 e. The fourth-order valence-corrected chi connectivity index (χ4v) is 2.70. The van der Waals surface area contributed by atoms with E-state index >= 15 is 0 Å². The molecule has 0 saturated carbocycles. The summed E-state index contributed by atoms with van der Waals surface area (Å²) in [6, 6.07) is 7.45. The average molecular weight is 297 g/mol. The molecule has 0 aliphatic heterocycles. The summed E-state index contributed by atoms with van der Waals surface area (Å²) in [6.45, 7) is 1.00. The van der Waals surface area contributed by atoms with Crippen LogP contribution in [0.25, 0.3) is 5.57 Å². The summed E-state index contributed by atoms with van der Waals surface area (Å²) >= 11 is 5.80. The molecule has 1 aromatic carbocycles. The van der Waals surface area contributed by atoms with Crippen LogP contribution in [0.3, 0.4) is 0 Å². The zero-order chi connectivity index (χ0) is 15.1. The van der Waals surface area contributed by atoms with Gasteiger partial charge >= 0.3 is 6.18 Å². The van der Waals surface area contributed by atoms with Gasteiger partial charge in [0.05, 0.1) is 5.41 Å². The summed E-state index contributed by atoms with van der Waals surface area (Å²) in [5.41, 5.74) is -2.35. The molecule has 1 atom stereocenters. The van der Waals surface area contributed by atoms with Crippen LogP contribution in [0, 0.1) is 28.1 Å². The average Bonchev–Trinajstić information content (AvgIpc) is 2.64. The van der Waals surface area contributed by atoms with Crippen LogP contribution in [0.5, 0.6) is 0 Å². The molecule has 20 heavy (non-hydrogen) atoms. The topological polar surface area (TPSA) is 47.6 Å². The minimum atomic E-state index is -4.56. The first kappa shape index (κ1) is 14.4. The predicted molar refractivity (Wildman–Crippen MR) is 67.5 cm³/mol. The van der Waals surface area contributed by atoms with Gasteiger partial charge in [0.15, 0.2) is 0 Å². The van der Waals surface area contributed by atoms with E-state index < -0.39 is 17.2 Å². The Kier molecular flexibility index (Phi) is 3.28. The highest BCUT2D eigenvalue weighted by atomic mass is 35.5. The van der Waals surface area contributed by atoms with Crippen LogP contribution >= 0.6 is 11.6 Å². The standard InChI is InChI=1S/C14H8ClF3N2/c1-13(14(16,17)18)5-8-4-10(15)2-3-11(8)12(13)9(6-19)7-20/h2-4H,5H2,1H3. The van der Waals surface area contributed by atoms with Crippen LogP contribution in [-0.2, 0) is 6.42 Å². The van der Waals surface area contributed by atoms with Gasteiger partial charge in [-0.1, -0.05) is 17.7 Å². The first-order valence-corrected chi connectivity index (χ1v) is 6.03. The van der Waals surface area contributed by atoms with Crippen LogP contribution in [-0.4, -0.2) is 6.18 Å². The van der Waals surface area contributed by atoms with Crippen molar-refractivity contribution in [1.29, 1.82) is 10.5 Å². The number of hydrogen-bond donors (Lipinski definition) is 0. The van der Waals surface area contributed by atoms with E-state index in [1.54, 1.807) is 12.1 Å². The predicted octanol–water partition coefficient (Wildman–Crippen LogP) is 4.27. The second-order valence-electron chi connectivity index (χ2n) is 4.78. The van der Waals surface area contributed by atoms with Crippen LogP contribution in [0.2, 0.25) is 5.02 Å². The lowest BCUT2D eigenvalue weighted by atomic mass is 9.79. The van der Waals surface area contributed by atoms with Crippen molar-refractivity contribution in [3.8, 4) is 12.1 Å². The van der Waals surface area contributed by atoms with Gasteiger partial charge in [0.1, 0.15) is 17.7 Å². The van der Waals surface area contributed by atoms with Gasteiger partial charge in [-0.15, -0.1) is 0 Å². The summed E-state index contributed by atoms with van der Waals surface area (Å²) < 4.78 is 40.2. The molecule has 102 valence electrons. The van der Waals surface area contributed by atoms with Crippen molar-refractivity contribution >= 4 is 17.2 Å². The molecule has 0 fully saturated rings. The van der Waals surface area contributed by atoms with E-state index in [1.165, 1.54) is 18.2 Å². The highest BCUT2D eigenvalue weighted by Crippen LogP contribution is 2.56. The minimum Gasteiger partial charge on any atom is -0.192 e. The lowest BCUT2D eigenvalue weighted by Gasteiger charge is -2.29. The van der Waals surface area contributed by atoms with Gasteiger partial charge in [0.25, 0.3) is 0 Å². The van der Waals surface area contributed by atoms with Crippen LogP contribution in [0.4, 0.5) is 13.2 Å². The van der Waals surface area contributed by atoms with E-state index in [1.807, 2.05) is 0 Å². The SMILES string of the molecule is CC1(C(F)(F)F)Cc2cc(Cl)ccc2C1=C(C#N)C#N. The summed E-state index contributed by atoms with van der Waals surface area (Å²) in [5.74, 6) is 0. The Morgan fingerprint density at radius 3 is 2.40 bits per heavy atom. The van der Waals surface area contributed by atoms with Crippen LogP contribution in [0.1, 0.15) is 18.1 Å². The molecule has 0 aromatic heterocycles. The fourth-order valence-electron chi connectivity index (χ4n) is 2.51. The third kappa shape index (κ3) is 1.95. The summed E-state index contributed by atoms with van der Waals surface area (Å²) in [5, 5.41) is 18.2. The normalized spacial score (nSPS) is 21.1. The summed E-state index contributed by atoms with van der Waals surface area (Å²) in [6.07, 6.45) is -4.89. The number of nitrogens with zero attached hydrogens (tertiary/aromatic N) is 2. The van der Waals surface area contributed by atoms with Crippen LogP contribution in [0.15, 0.2) is 23.8 Å². The first-order valence-electron chi connectivity index (χ1n) is 5.65. The number of rotatable bonds is 0. The second kappa shape index (κ2) is 4.54. The van der Waals surface area contributed by atoms with Crippen molar-refractivity contribution in [1.82, 2.24) is 0 Å². The number of benzene rings is 1. The van der Waals surface area contributed by atoms with Crippen LogP contribution < -0.4 is 0 Å². The molecule has 0 amide bonds. The number of nitriles is 2. The molecule has 1 aliphatic carbocycles. The quantitative estimate of drug-likeness (QED) is 0.671. The third-order valence-electron chi connectivity index (χ3n) is 3.53. The number of alkyl halides is 3. The molecule has 2 rings (SSSR count). The fraction of sp³-hybridized carbons (Fsp3) is 0.286. The molecule has 1 unspecified atom stereocenters. The Morgan fingerprint density at radius 2 is 1.90 bits per heavy atom. The molecular formula is C14H8ClF3N2. The number of allylic oxidation sites excluding steroid dienone is 2. The van der Waals surface area contributed by atoms with Crippen molar-refractivity contribution in [2.45, 2.75) is 19.5 Å². The zero-order valence-electron chi connectivity index (χ0n) is 10.3. The van der Waals surface area contributed by atoms with Crippen molar-refractivity contribution in [2.75, 3.05) is 0 Å².